The Morgan fingerprint density at radius 3 is 2.40 bits per heavy atom. The summed E-state index contributed by atoms with van der Waals surface area (Å²) < 4.78 is 13.2. The van der Waals surface area contributed by atoms with Crippen molar-refractivity contribution in [2.24, 2.45) is 5.73 Å². The molecule has 0 saturated heterocycles. The second kappa shape index (κ2) is 5.43. The fourth-order valence-corrected chi connectivity index (χ4v) is 2.06. The maximum absolute atomic E-state index is 13.2. The molecule has 1 amide bonds. The van der Waals surface area contributed by atoms with Crippen LogP contribution >= 0.6 is 0 Å². The third kappa shape index (κ3) is 2.70. The molecule has 104 valence electrons. The summed E-state index contributed by atoms with van der Waals surface area (Å²) in [6, 6.07) is 15.0. The molecule has 2 aromatic carbocycles. The van der Waals surface area contributed by atoms with Crippen LogP contribution in [0.2, 0.25) is 0 Å². The molecule has 0 spiro atoms. The van der Waals surface area contributed by atoms with E-state index in [-0.39, 0.29) is 11.7 Å². The van der Waals surface area contributed by atoms with Gasteiger partial charge in [-0.2, -0.15) is 0 Å². The molecule has 0 aliphatic heterocycles. The van der Waals surface area contributed by atoms with E-state index < -0.39 is 5.54 Å². The van der Waals surface area contributed by atoms with Gasteiger partial charge in [0, 0.05) is 12.7 Å². The summed E-state index contributed by atoms with van der Waals surface area (Å²) in [5.74, 6) is -0.685. The smallest absolute Gasteiger partial charge is 0.251 e. The fraction of sp³-hybridized carbons (Fsp3) is 0.188. The molecule has 0 radical (unpaired) electrons. The monoisotopic (exact) mass is 272 g/mol. The van der Waals surface area contributed by atoms with Crippen molar-refractivity contribution < 1.29 is 9.18 Å². The van der Waals surface area contributed by atoms with Crippen molar-refractivity contribution in [2.75, 3.05) is 11.9 Å². The van der Waals surface area contributed by atoms with Gasteiger partial charge in [0.25, 0.3) is 5.91 Å². The van der Waals surface area contributed by atoms with Gasteiger partial charge >= 0.3 is 0 Å². The third-order valence-electron chi connectivity index (χ3n) is 3.32. The van der Waals surface area contributed by atoms with Crippen molar-refractivity contribution in [3.05, 3.63) is 66.0 Å². The topological polar surface area (TPSA) is 46.3 Å². The first kappa shape index (κ1) is 14.2. The minimum absolute atomic E-state index is 0.297. The minimum Gasteiger partial charge on any atom is -0.314 e. The van der Waals surface area contributed by atoms with Gasteiger partial charge in [0.05, 0.1) is 0 Å². The van der Waals surface area contributed by atoms with E-state index in [0.717, 1.165) is 0 Å². The van der Waals surface area contributed by atoms with Gasteiger partial charge in [0.2, 0.25) is 0 Å². The number of nitrogens with zero attached hydrogens (tertiary/aromatic N) is 1. The maximum Gasteiger partial charge on any atom is 0.251 e. The zero-order valence-corrected chi connectivity index (χ0v) is 11.5. The van der Waals surface area contributed by atoms with Crippen LogP contribution in [0, 0.1) is 5.82 Å². The van der Waals surface area contributed by atoms with E-state index in [4.69, 9.17) is 5.73 Å². The molecular weight excluding hydrogens is 255 g/mol. The summed E-state index contributed by atoms with van der Waals surface area (Å²) >= 11 is 0. The lowest BCUT2D eigenvalue weighted by atomic mass is 9.91. The van der Waals surface area contributed by atoms with Crippen LogP contribution in [0.4, 0.5) is 10.1 Å². The lowest BCUT2D eigenvalue weighted by molar-refractivity contribution is -0.123. The predicted molar refractivity (Wildman–Crippen MR) is 77.8 cm³/mol. The number of hydrogen-bond acceptors (Lipinski definition) is 2. The molecule has 0 aliphatic rings. The van der Waals surface area contributed by atoms with Gasteiger partial charge < -0.3 is 10.6 Å². The SMILES string of the molecule is CN(C(=O)C(C)(N)c1ccccc1)c1cccc(F)c1. The van der Waals surface area contributed by atoms with Crippen LogP contribution in [0.25, 0.3) is 0 Å². The molecule has 0 aliphatic carbocycles. The van der Waals surface area contributed by atoms with Gasteiger partial charge in [-0.15, -0.1) is 0 Å². The Hall–Kier alpha value is -2.20. The molecule has 4 heteroatoms. The first-order valence-electron chi connectivity index (χ1n) is 6.31. The Morgan fingerprint density at radius 2 is 1.80 bits per heavy atom. The zero-order chi connectivity index (χ0) is 14.8. The maximum atomic E-state index is 13.2. The molecule has 2 N–H and O–H groups in total. The normalized spacial score (nSPS) is 13.6. The number of rotatable bonds is 3. The number of likely N-dealkylation sites (N-methyl/N-ethyl adjacent to an activating group) is 1. The average Bonchev–Trinajstić information content (AvgIpc) is 2.46. The second-order valence-corrected chi connectivity index (χ2v) is 4.91. The highest BCUT2D eigenvalue weighted by Crippen LogP contribution is 2.23. The van der Waals surface area contributed by atoms with Gasteiger partial charge in [0.15, 0.2) is 0 Å². The summed E-state index contributed by atoms with van der Waals surface area (Å²) in [7, 11) is 1.59. The predicted octanol–water partition coefficient (Wildman–Crippen LogP) is 2.66. The Bertz CT molecular complexity index is 611. The molecular formula is C16H17FN2O. The summed E-state index contributed by atoms with van der Waals surface area (Å²) in [6.07, 6.45) is 0. The number of halogens is 1. The lowest BCUT2D eigenvalue weighted by Crippen LogP contribution is -2.49. The highest BCUT2D eigenvalue weighted by molar-refractivity contribution is 6.00. The van der Waals surface area contributed by atoms with Crippen LogP contribution in [-0.2, 0) is 10.3 Å². The van der Waals surface area contributed by atoms with Gasteiger partial charge in [-0.3, -0.25) is 4.79 Å². The number of nitrogens with two attached hydrogens (primary N) is 1. The highest BCUT2D eigenvalue weighted by Gasteiger charge is 2.33. The van der Waals surface area contributed by atoms with Crippen molar-refractivity contribution in [1.29, 1.82) is 0 Å². The standard InChI is InChI=1S/C16H17FN2O/c1-16(18,12-7-4-3-5-8-12)15(20)19(2)14-10-6-9-13(17)11-14/h3-11H,18H2,1-2H3. The molecule has 0 fully saturated rings. The van der Waals surface area contributed by atoms with Crippen molar-refractivity contribution in [3.63, 3.8) is 0 Å². The Labute approximate surface area is 117 Å². The largest absolute Gasteiger partial charge is 0.314 e. The van der Waals surface area contributed by atoms with Gasteiger partial charge in [-0.05, 0) is 30.7 Å². The number of anilines is 1. The number of carbonyl (C=O) groups is 1. The molecule has 3 nitrogen and oxygen atoms in total. The Morgan fingerprint density at radius 1 is 1.15 bits per heavy atom. The number of amides is 1. The first-order chi connectivity index (χ1) is 9.43. The van der Waals surface area contributed by atoms with Crippen molar-refractivity contribution in [1.82, 2.24) is 0 Å². The van der Waals surface area contributed by atoms with Crippen LogP contribution in [0.5, 0.6) is 0 Å². The molecule has 0 heterocycles. The molecule has 0 bridgehead atoms. The Kier molecular flexibility index (Phi) is 3.86. The van der Waals surface area contributed by atoms with Crippen molar-refractivity contribution in [2.45, 2.75) is 12.5 Å². The molecule has 20 heavy (non-hydrogen) atoms. The average molecular weight is 272 g/mol. The Balaban J connectivity index is 2.31. The summed E-state index contributed by atoms with van der Waals surface area (Å²) in [5, 5.41) is 0. The van der Waals surface area contributed by atoms with Crippen LogP contribution < -0.4 is 10.6 Å². The minimum atomic E-state index is -1.16. The molecule has 0 aromatic heterocycles. The highest BCUT2D eigenvalue weighted by atomic mass is 19.1. The van der Waals surface area contributed by atoms with Gasteiger partial charge in [0.1, 0.15) is 11.4 Å². The molecule has 1 unspecified atom stereocenters. The number of hydrogen-bond donors (Lipinski definition) is 1. The number of carbonyl (C=O) groups excluding carboxylic acids is 1. The van der Waals surface area contributed by atoms with E-state index in [9.17, 15) is 9.18 Å². The molecule has 2 aromatic rings. The second-order valence-electron chi connectivity index (χ2n) is 4.91. The van der Waals surface area contributed by atoms with Crippen molar-refractivity contribution in [3.8, 4) is 0 Å². The zero-order valence-electron chi connectivity index (χ0n) is 11.5. The number of benzene rings is 2. The quantitative estimate of drug-likeness (QED) is 0.933. The summed E-state index contributed by atoms with van der Waals surface area (Å²) in [4.78, 5) is 13.9. The van der Waals surface area contributed by atoms with Crippen LogP contribution in [-0.4, -0.2) is 13.0 Å². The van der Waals surface area contributed by atoms with E-state index in [0.29, 0.717) is 11.3 Å². The lowest BCUT2D eigenvalue weighted by Gasteiger charge is -2.29. The summed E-state index contributed by atoms with van der Waals surface area (Å²) in [6.45, 7) is 1.65. The van der Waals surface area contributed by atoms with Gasteiger partial charge in [-0.1, -0.05) is 36.4 Å². The van der Waals surface area contributed by atoms with Crippen molar-refractivity contribution >= 4 is 11.6 Å². The molecule has 0 saturated carbocycles. The van der Waals surface area contributed by atoms with Crippen LogP contribution in [0.1, 0.15) is 12.5 Å². The van der Waals surface area contributed by atoms with Crippen LogP contribution in [0.15, 0.2) is 54.6 Å². The fourth-order valence-electron chi connectivity index (χ4n) is 2.06. The third-order valence-corrected chi connectivity index (χ3v) is 3.32. The van der Waals surface area contributed by atoms with E-state index in [1.807, 2.05) is 18.2 Å². The first-order valence-corrected chi connectivity index (χ1v) is 6.31. The van der Waals surface area contributed by atoms with Crippen LogP contribution in [0.3, 0.4) is 0 Å². The van der Waals surface area contributed by atoms with Gasteiger partial charge in [-0.25, -0.2) is 4.39 Å². The van der Waals surface area contributed by atoms with E-state index >= 15 is 0 Å². The van der Waals surface area contributed by atoms with E-state index in [1.54, 1.807) is 38.2 Å². The molecule has 1 atom stereocenters. The van der Waals surface area contributed by atoms with E-state index in [1.165, 1.54) is 17.0 Å². The van der Waals surface area contributed by atoms with E-state index in [2.05, 4.69) is 0 Å². The molecule has 2 rings (SSSR count). The summed E-state index contributed by atoms with van der Waals surface area (Å²) in [5.41, 5.74) is 6.20.